The van der Waals surface area contributed by atoms with Crippen LogP contribution >= 0.6 is 0 Å². The number of anilines is 1. The van der Waals surface area contributed by atoms with Gasteiger partial charge in [-0.2, -0.15) is 5.10 Å². The fraction of sp³-hybridized carbons (Fsp3) is 0.133. The molecule has 19 heavy (non-hydrogen) atoms. The summed E-state index contributed by atoms with van der Waals surface area (Å²) in [5.41, 5.74) is 4.33. The Bertz CT molecular complexity index is 629. The lowest BCUT2D eigenvalue weighted by Crippen LogP contribution is -2.05. The van der Waals surface area contributed by atoms with E-state index in [0.717, 1.165) is 22.5 Å². The van der Waals surface area contributed by atoms with E-state index in [1.807, 2.05) is 18.2 Å². The average Bonchev–Trinajstić information content (AvgIpc) is 3.13. The number of benzene rings is 1. The quantitative estimate of drug-likeness (QED) is 0.742. The predicted molar refractivity (Wildman–Crippen MR) is 74.8 cm³/mol. The molecule has 1 unspecified atom stereocenters. The van der Waals surface area contributed by atoms with E-state index in [9.17, 15) is 0 Å². The molecule has 0 bridgehead atoms. The fourth-order valence-corrected chi connectivity index (χ4v) is 2.05. The lowest BCUT2D eigenvalue weighted by atomic mass is 10.1. The SMILES string of the molecule is CC(Nc1cccc(-c2ccn[nH]2)c1)c1ccoc1. The standard InChI is InChI=1S/C15H15N3O/c1-11(13-6-8-19-10-13)17-14-4-2-3-12(9-14)15-5-7-16-18-15/h2-11,17H,1H3,(H,16,18). The Labute approximate surface area is 111 Å². The lowest BCUT2D eigenvalue weighted by molar-refractivity contribution is 0.562. The van der Waals surface area contributed by atoms with Gasteiger partial charge in [-0.15, -0.1) is 0 Å². The summed E-state index contributed by atoms with van der Waals surface area (Å²) in [5.74, 6) is 0. The first-order chi connectivity index (χ1) is 9.33. The van der Waals surface area contributed by atoms with Gasteiger partial charge in [-0.3, -0.25) is 5.10 Å². The van der Waals surface area contributed by atoms with E-state index >= 15 is 0 Å². The van der Waals surface area contributed by atoms with Gasteiger partial charge in [-0.1, -0.05) is 12.1 Å². The Hall–Kier alpha value is -2.49. The van der Waals surface area contributed by atoms with Crippen molar-refractivity contribution in [3.05, 3.63) is 60.7 Å². The molecule has 2 N–H and O–H groups in total. The summed E-state index contributed by atoms with van der Waals surface area (Å²) in [7, 11) is 0. The van der Waals surface area contributed by atoms with Crippen molar-refractivity contribution in [1.82, 2.24) is 10.2 Å². The first kappa shape index (κ1) is 11.6. The van der Waals surface area contributed by atoms with Crippen LogP contribution in [0.15, 0.2) is 59.5 Å². The van der Waals surface area contributed by atoms with Gasteiger partial charge in [0.25, 0.3) is 0 Å². The van der Waals surface area contributed by atoms with Gasteiger partial charge in [-0.05, 0) is 31.2 Å². The maximum Gasteiger partial charge on any atom is 0.0955 e. The third-order valence-electron chi connectivity index (χ3n) is 3.10. The van der Waals surface area contributed by atoms with E-state index in [1.165, 1.54) is 0 Å². The summed E-state index contributed by atoms with van der Waals surface area (Å²) in [6.45, 7) is 2.10. The first-order valence-corrected chi connectivity index (χ1v) is 6.21. The molecular weight excluding hydrogens is 238 g/mol. The van der Waals surface area contributed by atoms with Gasteiger partial charge in [0, 0.05) is 23.0 Å². The summed E-state index contributed by atoms with van der Waals surface area (Å²) in [6, 6.07) is 12.4. The van der Waals surface area contributed by atoms with Gasteiger partial charge in [0.2, 0.25) is 0 Å². The van der Waals surface area contributed by atoms with Crippen molar-refractivity contribution in [2.75, 3.05) is 5.32 Å². The van der Waals surface area contributed by atoms with Crippen molar-refractivity contribution < 1.29 is 4.42 Å². The highest BCUT2D eigenvalue weighted by molar-refractivity contribution is 5.64. The van der Waals surface area contributed by atoms with E-state index in [-0.39, 0.29) is 6.04 Å². The molecule has 96 valence electrons. The summed E-state index contributed by atoms with van der Waals surface area (Å²) < 4.78 is 5.10. The van der Waals surface area contributed by atoms with Crippen molar-refractivity contribution in [3.63, 3.8) is 0 Å². The molecule has 0 amide bonds. The highest BCUT2D eigenvalue weighted by Crippen LogP contribution is 2.24. The first-order valence-electron chi connectivity index (χ1n) is 6.21. The van der Waals surface area contributed by atoms with Crippen LogP contribution in [-0.2, 0) is 0 Å². The Morgan fingerprint density at radius 2 is 2.21 bits per heavy atom. The highest BCUT2D eigenvalue weighted by atomic mass is 16.3. The smallest absolute Gasteiger partial charge is 0.0955 e. The molecule has 2 heterocycles. The minimum Gasteiger partial charge on any atom is -0.472 e. The van der Waals surface area contributed by atoms with Crippen LogP contribution in [0.5, 0.6) is 0 Å². The van der Waals surface area contributed by atoms with E-state index in [4.69, 9.17) is 4.42 Å². The van der Waals surface area contributed by atoms with Crippen molar-refractivity contribution in [2.24, 2.45) is 0 Å². The molecule has 3 rings (SSSR count). The number of rotatable bonds is 4. The molecule has 4 nitrogen and oxygen atoms in total. The molecule has 1 atom stereocenters. The zero-order chi connectivity index (χ0) is 13.1. The third kappa shape index (κ3) is 2.52. The molecule has 2 aromatic heterocycles. The molecule has 0 spiro atoms. The van der Waals surface area contributed by atoms with E-state index in [0.29, 0.717) is 0 Å². The van der Waals surface area contributed by atoms with Crippen LogP contribution in [0.3, 0.4) is 0 Å². The molecule has 3 aromatic rings. The second-order valence-corrected chi connectivity index (χ2v) is 4.47. The Kier molecular flexibility index (Phi) is 3.06. The van der Waals surface area contributed by atoms with E-state index in [1.54, 1.807) is 18.7 Å². The van der Waals surface area contributed by atoms with Gasteiger partial charge in [0.15, 0.2) is 0 Å². The van der Waals surface area contributed by atoms with Crippen LogP contribution in [0, 0.1) is 0 Å². The number of nitrogens with one attached hydrogen (secondary N) is 2. The predicted octanol–water partition coefficient (Wildman–Crippen LogP) is 3.84. The normalized spacial score (nSPS) is 12.3. The summed E-state index contributed by atoms with van der Waals surface area (Å²) >= 11 is 0. The maximum atomic E-state index is 5.10. The molecule has 0 saturated heterocycles. The van der Waals surface area contributed by atoms with Gasteiger partial charge in [-0.25, -0.2) is 0 Å². The Morgan fingerprint density at radius 1 is 1.26 bits per heavy atom. The van der Waals surface area contributed by atoms with Crippen molar-refractivity contribution in [2.45, 2.75) is 13.0 Å². The summed E-state index contributed by atoms with van der Waals surface area (Å²) in [5, 5.41) is 10.4. The van der Waals surface area contributed by atoms with Crippen molar-refractivity contribution in [1.29, 1.82) is 0 Å². The molecule has 1 aromatic carbocycles. The lowest BCUT2D eigenvalue weighted by Gasteiger charge is -2.14. The number of hydrogen-bond acceptors (Lipinski definition) is 3. The minimum atomic E-state index is 0.204. The largest absolute Gasteiger partial charge is 0.472 e. The van der Waals surface area contributed by atoms with Crippen LogP contribution in [0.25, 0.3) is 11.3 Å². The van der Waals surface area contributed by atoms with Crippen LogP contribution in [0.2, 0.25) is 0 Å². The molecule has 4 heteroatoms. The van der Waals surface area contributed by atoms with Crippen LogP contribution in [0.1, 0.15) is 18.5 Å². The van der Waals surface area contributed by atoms with Gasteiger partial charge >= 0.3 is 0 Å². The highest BCUT2D eigenvalue weighted by Gasteiger charge is 2.07. The van der Waals surface area contributed by atoms with Gasteiger partial charge in [0.1, 0.15) is 0 Å². The average molecular weight is 253 g/mol. The van der Waals surface area contributed by atoms with Crippen LogP contribution in [-0.4, -0.2) is 10.2 Å². The van der Waals surface area contributed by atoms with Crippen molar-refractivity contribution in [3.8, 4) is 11.3 Å². The summed E-state index contributed by atoms with van der Waals surface area (Å²) in [6.07, 6.45) is 5.20. The molecule has 0 aliphatic carbocycles. The van der Waals surface area contributed by atoms with E-state index in [2.05, 4.69) is 40.6 Å². The number of hydrogen-bond donors (Lipinski definition) is 2. The molecule has 0 aliphatic rings. The van der Waals surface area contributed by atoms with Gasteiger partial charge < -0.3 is 9.73 Å². The zero-order valence-corrected chi connectivity index (χ0v) is 10.6. The number of aromatic amines is 1. The Balaban J connectivity index is 1.80. The minimum absolute atomic E-state index is 0.204. The number of H-pyrrole nitrogens is 1. The Morgan fingerprint density at radius 3 is 2.95 bits per heavy atom. The molecular formula is C15H15N3O. The molecule has 0 saturated carbocycles. The number of nitrogens with zero attached hydrogens (tertiary/aromatic N) is 1. The fourth-order valence-electron chi connectivity index (χ4n) is 2.05. The maximum absolute atomic E-state index is 5.10. The number of aromatic nitrogens is 2. The summed E-state index contributed by atoms with van der Waals surface area (Å²) in [4.78, 5) is 0. The second-order valence-electron chi connectivity index (χ2n) is 4.47. The topological polar surface area (TPSA) is 53.9 Å². The number of furan rings is 1. The van der Waals surface area contributed by atoms with Crippen LogP contribution < -0.4 is 5.32 Å². The van der Waals surface area contributed by atoms with Crippen LogP contribution in [0.4, 0.5) is 5.69 Å². The second kappa shape index (κ2) is 5.02. The van der Waals surface area contributed by atoms with E-state index < -0.39 is 0 Å². The molecule has 0 fully saturated rings. The van der Waals surface area contributed by atoms with Crippen molar-refractivity contribution >= 4 is 5.69 Å². The zero-order valence-electron chi connectivity index (χ0n) is 10.6. The van der Waals surface area contributed by atoms with Gasteiger partial charge in [0.05, 0.1) is 24.3 Å². The third-order valence-corrected chi connectivity index (χ3v) is 3.10. The molecule has 0 radical (unpaired) electrons. The molecule has 0 aliphatic heterocycles. The monoisotopic (exact) mass is 253 g/mol.